The lowest BCUT2D eigenvalue weighted by atomic mass is 10.2. The molecule has 0 radical (unpaired) electrons. The molecule has 0 spiro atoms. The molecule has 4 heteroatoms. The zero-order chi connectivity index (χ0) is 14.1. The van der Waals surface area contributed by atoms with Crippen molar-refractivity contribution in [2.75, 3.05) is 13.2 Å². The van der Waals surface area contributed by atoms with E-state index in [4.69, 9.17) is 9.84 Å². The van der Waals surface area contributed by atoms with Gasteiger partial charge in [0.2, 0.25) is 0 Å². The maximum atomic E-state index is 8.68. The smallest absolute Gasteiger partial charge is 0.133 e. The molecule has 0 unspecified atom stereocenters. The van der Waals surface area contributed by atoms with Gasteiger partial charge in [-0.3, -0.25) is 0 Å². The first kappa shape index (κ1) is 16.5. The minimum atomic E-state index is 0.187. The fraction of sp³-hybridized carbons (Fsp3) is 0.600. The highest BCUT2D eigenvalue weighted by atomic mass is 79.9. The molecule has 1 rings (SSSR count). The van der Waals surface area contributed by atoms with Crippen molar-refractivity contribution in [3.63, 3.8) is 0 Å². The molecule has 0 fully saturated rings. The van der Waals surface area contributed by atoms with Crippen molar-refractivity contribution in [3.05, 3.63) is 28.2 Å². The summed E-state index contributed by atoms with van der Waals surface area (Å²) in [6.45, 7) is 6.19. The van der Waals surface area contributed by atoms with E-state index in [0.717, 1.165) is 42.6 Å². The summed E-state index contributed by atoms with van der Waals surface area (Å²) in [6, 6.07) is 6.19. The number of aliphatic hydroxyl groups excluding tert-OH is 1. The molecule has 0 aromatic heterocycles. The first-order chi connectivity index (χ1) is 9.13. The molecule has 1 aromatic carbocycles. The second kappa shape index (κ2) is 9.34. The fourth-order valence-corrected chi connectivity index (χ4v) is 2.29. The minimum absolute atomic E-state index is 0.187. The largest absolute Gasteiger partial charge is 0.490 e. The number of nitrogens with one attached hydrogen (secondary N) is 1. The predicted molar refractivity (Wildman–Crippen MR) is 82.5 cm³/mol. The molecule has 0 atom stereocenters. The van der Waals surface area contributed by atoms with E-state index in [1.54, 1.807) is 0 Å². The Bertz CT molecular complexity index is 369. The number of benzene rings is 1. The van der Waals surface area contributed by atoms with Crippen molar-refractivity contribution >= 4 is 15.9 Å². The van der Waals surface area contributed by atoms with Crippen molar-refractivity contribution < 1.29 is 9.84 Å². The summed E-state index contributed by atoms with van der Waals surface area (Å²) in [5.74, 6) is 0.890. The van der Waals surface area contributed by atoms with E-state index >= 15 is 0 Å². The van der Waals surface area contributed by atoms with Crippen LogP contribution in [0.5, 0.6) is 5.75 Å². The molecule has 0 aliphatic rings. The summed E-state index contributed by atoms with van der Waals surface area (Å²) >= 11 is 3.54. The Hall–Kier alpha value is -0.580. The number of halogens is 1. The quantitative estimate of drug-likeness (QED) is 0.681. The summed E-state index contributed by atoms with van der Waals surface area (Å²) in [6.07, 6.45) is 3.27. The van der Waals surface area contributed by atoms with E-state index in [0.29, 0.717) is 6.61 Å². The van der Waals surface area contributed by atoms with Gasteiger partial charge in [-0.1, -0.05) is 6.07 Å². The molecule has 0 saturated carbocycles. The van der Waals surface area contributed by atoms with Gasteiger partial charge in [0.25, 0.3) is 0 Å². The van der Waals surface area contributed by atoms with Crippen LogP contribution in [-0.2, 0) is 6.54 Å². The van der Waals surface area contributed by atoms with Gasteiger partial charge in [0, 0.05) is 13.2 Å². The zero-order valence-electron chi connectivity index (χ0n) is 11.8. The van der Waals surface area contributed by atoms with Crippen LogP contribution in [0.4, 0.5) is 0 Å². The van der Waals surface area contributed by atoms with Gasteiger partial charge in [-0.05, 0) is 73.3 Å². The van der Waals surface area contributed by atoms with Crippen molar-refractivity contribution in [2.24, 2.45) is 0 Å². The number of unbranched alkanes of at least 4 members (excludes halogenated alkanes) is 2. The highest BCUT2D eigenvalue weighted by Crippen LogP contribution is 2.26. The molecular formula is C15H24BrNO2. The fourth-order valence-electron chi connectivity index (χ4n) is 1.78. The van der Waals surface area contributed by atoms with E-state index in [-0.39, 0.29) is 6.10 Å². The van der Waals surface area contributed by atoms with E-state index in [1.807, 2.05) is 19.9 Å². The lowest BCUT2D eigenvalue weighted by Gasteiger charge is -2.12. The van der Waals surface area contributed by atoms with Crippen molar-refractivity contribution in [2.45, 2.75) is 45.8 Å². The van der Waals surface area contributed by atoms with Crippen molar-refractivity contribution in [3.8, 4) is 5.75 Å². The molecule has 0 saturated heterocycles. The van der Waals surface area contributed by atoms with E-state index in [2.05, 4.69) is 33.4 Å². The normalized spacial score (nSPS) is 11.0. The lowest BCUT2D eigenvalue weighted by Crippen LogP contribution is -2.15. The van der Waals surface area contributed by atoms with Gasteiger partial charge < -0.3 is 15.2 Å². The molecule has 0 aliphatic heterocycles. The number of ether oxygens (including phenoxy) is 1. The van der Waals surface area contributed by atoms with Crippen molar-refractivity contribution in [1.29, 1.82) is 0 Å². The summed E-state index contributed by atoms with van der Waals surface area (Å²) in [5.41, 5.74) is 1.24. The van der Waals surface area contributed by atoms with Gasteiger partial charge in [0.1, 0.15) is 5.75 Å². The van der Waals surface area contributed by atoms with Crippen LogP contribution in [0, 0.1) is 0 Å². The summed E-state index contributed by atoms with van der Waals surface area (Å²) in [7, 11) is 0. The van der Waals surface area contributed by atoms with Crippen molar-refractivity contribution in [1.82, 2.24) is 5.32 Å². The number of rotatable bonds is 9. The van der Waals surface area contributed by atoms with Gasteiger partial charge in [-0.2, -0.15) is 0 Å². The van der Waals surface area contributed by atoms with Crippen LogP contribution in [-0.4, -0.2) is 24.4 Å². The standard InChI is InChI=1S/C15H24BrNO2/c1-12(2)19-15-7-6-13(10-14(15)16)11-17-8-4-3-5-9-18/h6-7,10,12,17-18H,3-5,8-9,11H2,1-2H3. The third-order valence-electron chi connectivity index (χ3n) is 2.70. The molecule has 108 valence electrons. The lowest BCUT2D eigenvalue weighted by molar-refractivity contribution is 0.241. The second-order valence-corrected chi connectivity index (χ2v) is 5.75. The third kappa shape index (κ3) is 6.95. The van der Waals surface area contributed by atoms with E-state index in [1.165, 1.54) is 5.56 Å². The van der Waals surface area contributed by atoms with Crippen LogP contribution in [0.1, 0.15) is 38.7 Å². The maximum Gasteiger partial charge on any atom is 0.133 e. The van der Waals surface area contributed by atoms with Crippen LogP contribution < -0.4 is 10.1 Å². The Morgan fingerprint density at radius 1 is 1.26 bits per heavy atom. The van der Waals surface area contributed by atoms with E-state index < -0.39 is 0 Å². The second-order valence-electron chi connectivity index (χ2n) is 4.89. The van der Waals surface area contributed by atoms with Crippen LogP contribution >= 0.6 is 15.9 Å². The Labute approximate surface area is 124 Å². The summed E-state index contributed by atoms with van der Waals surface area (Å²) in [4.78, 5) is 0. The molecule has 0 heterocycles. The molecule has 3 nitrogen and oxygen atoms in total. The van der Waals surface area contributed by atoms with E-state index in [9.17, 15) is 0 Å². The first-order valence-corrected chi connectivity index (χ1v) is 7.69. The summed E-state index contributed by atoms with van der Waals surface area (Å²) in [5, 5.41) is 12.1. The molecule has 0 bridgehead atoms. The van der Waals surface area contributed by atoms with Crippen LogP contribution in [0.25, 0.3) is 0 Å². The summed E-state index contributed by atoms with van der Waals surface area (Å²) < 4.78 is 6.68. The third-order valence-corrected chi connectivity index (χ3v) is 3.32. The Kier molecular flexibility index (Phi) is 8.10. The van der Waals surface area contributed by atoms with Gasteiger partial charge >= 0.3 is 0 Å². The Morgan fingerprint density at radius 3 is 2.68 bits per heavy atom. The van der Waals surface area contributed by atoms with Gasteiger partial charge in [-0.25, -0.2) is 0 Å². The monoisotopic (exact) mass is 329 g/mol. The van der Waals surface area contributed by atoms with Crippen LogP contribution in [0.15, 0.2) is 22.7 Å². The molecule has 0 amide bonds. The molecule has 0 aliphatic carbocycles. The molecule has 2 N–H and O–H groups in total. The minimum Gasteiger partial charge on any atom is -0.490 e. The average molecular weight is 330 g/mol. The Morgan fingerprint density at radius 2 is 2.05 bits per heavy atom. The number of hydrogen-bond acceptors (Lipinski definition) is 3. The highest BCUT2D eigenvalue weighted by Gasteiger charge is 2.04. The molecular weight excluding hydrogens is 306 g/mol. The van der Waals surface area contributed by atoms with Crippen LogP contribution in [0.2, 0.25) is 0 Å². The predicted octanol–water partition coefficient (Wildman–Crippen LogP) is 3.49. The first-order valence-electron chi connectivity index (χ1n) is 6.90. The topological polar surface area (TPSA) is 41.5 Å². The molecule has 19 heavy (non-hydrogen) atoms. The maximum absolute atomic E-state index is 8.68. The SMILES string of the molecule is CC(C)Oc1ccc(CNCCCCCO)cc1Br. The van der Waals surface area contributed by atoms with Gasteiger partial charge in [0.15, 0.2) is 0 Å². The highest BCUT2D eigenvalue weighted by molar-refractivity contribution is 9.10. The van der Waals surface area contributed by atoms with Crippen LogP contribution in [0.3, 0.4) is 0 Å². The molecule has 1 aromatic rings. The zero-order valence-corrected chi connectivity index (χ0v) is 13.4. The Balaban J connectivity index is 2.33. The number of aliphatic hydroxyl groups is 1. The van der Waals surface area contributed by atoms with Gasteiger partial charge in [0.05, 0.1) is 10.6 Å². The van der Waals surface area contributed by atoms with Gasteiger partial charge in [-0.15, -0.1) is 0 Å². The average Bonchev–Trinajstić information content (AvgIpc) is 2.36. The number of hydrogen-bond donors (Lipinski definition) is 2.